The Balaban J connectivity index is 2.24. The normalized spacial score (nSPS) is 10.5. The molecule has 0 saturated carbocycles. The van der Waals surface area contributed by atoms with Crippen LogP contribution in [0.2, 0.25) is 5.02 Å². The van der Waals surface area contributed by atoms with E-state index in [4.69, 9.17) is 16.3 Å². The number of ether oxygens (including phenoxy) is 1. The Morgan fingerprint density at radius 2 is 1.76 bits per heavy atom. The number of rotatable bonds is 4. The number of methoxy groups -OCH3 is 1. The predicted molar refractivity (Wildman–Crippen MR) is 73.3 cm³/mol. The molecule has 0 heterocycles. The van der Waals surface area contributed by atoms with Gasteiger partial charge in [-0.05, 0) is 6.07 Å². The first-order chi connectivity index (χ1) is 9.92. The van der Waals surface area contributed by atoms with Gasteiger partial charge in [0.15, 0.2) is 23.1 Å². The van der Waals surface area contributed by atoms with Crippen LogP contribution in [-0.2, 0) is 6.54 Å². The van der Waals surface area contributed by atoms with Gasteiger partial charge in [0.25, 0.3) is 0 Å². The molecule has 0 fully saturated rings. The second-order valence-corrected chi connectivity index (χ2v) is 4.65. The van der Waals surface area contributed by atoms with Crippen molar-refractivity contribution in [3.8, 4) is 11.5 Å². The molecule has 0 aliphatic carbocycles. The van der Waals surface area contributed by atoms with Crippen molar-refractivity contribution >= 4 is 17.3 Å². The van der Waals surface area contributed by atoms with E-state index in [2.05, 4.69) is 5.32 Å². The van der Waals surface area contributed by atoms with Gasteiger partial charge in [0.1, 0.15) is 5.82 Å². The average molecular weight is 318 g/mol. The molecular formula is C14H11ClF3NO2. The number of halogens is 4. The Morgan fingerprint density at radius 1 is 1.10 bits per heavy atom. The van der Waals surface area contributed by atoms with Gasteiger partial charge < -0.3 is 15.2 Å². The van der Waals surface area contributed by atoms with E-state index in [9.17, 15) is 18.3 Å². The third-order valence-electron chi connectivity index (χ3n) is 2.82. The fourth-order valence-corrected chi connectivity index (χ4v) is 2.00. The third kappa shape index (κ3) is 3.33. The number of nitrogens with one attached hydrogen (secondary N) is 1. The van der Waals surface area contributed by atoms with Crippen LogP contribution in [0.4, 0.5) is 18.9 Å². The Hall–Kier alpha value is -2.08. The topological polar surface area (TPSA) is 41.5 Å². The summed E-state index contributed by atoms with van der Waals surface area (Å²) in [5.41, 5.74) is 0.0933. The van der Waals surface area contributed by atoms with Gasteiger partial charge >= 0.3 is 0 Å². The fourth-order valence-electron chi connectivity index (χ4n) is 1.77. The first-order valence-electron chi connectivity index (χ1n) is 5.86. The molecule has 2 aromatic rings. The van der Waals surface area contributed by atoms with Gasteiger partial charge in [-0.15, -0.1) is 0 Å². The van der Waals surface area contributed by atoms with Gasteiger partial charge in [0.2, 0.25) is 0 Å². The highest BCUT2D eigenvalue weighted by Crippen LogP contribution is 2.34. The van der Waals surface area contributed by atoms with E-state index in [1.165, 1.54) is 19.2 Å². The van der Waals surface area contributed by atoms with Crippen molar-refractivity contribution in [1.29, 1.82) is 0 Å². The maximum absolute atomic E-state index is 13.5. The number of phenols is 1. The Bertz CT molecular complexity index is 680. The number of hydrogen-bond donors (Lipinski definition) is 2. The van der Waals surface area contributed by atoms with E-state index >= 15 is 0 Å². The molecule has 7 heteroatoms. The molecule has 0 aliphatic heterocycles. The van der Waals surface area contributed by atoms with Crippen molar-refractivity contribution in [2.24, 2.45) is 0 Å². The summed E-state index contributed by atoms with van der Waals surface area (Å²) in [6.45, 7) is -0.0508. The molecule has 3 nitrogen and oxygen atoms in total. The van der Waals surface area contributed by atoms with Crippen LogP contribution < -0.4 is 10.1 Å². The first-order valence-corrected chi connectivity index (χ1v) is 6.24. The number of hydrogen-bond acceptors (Lipinski definition) is 3. The van der Waals surface area contributed by atoms with Gasteiger partial charge in [-0.2, -0.15) is 0 Å². The van der Waals surface area contributed by atoms with Crippen LogP contribution in [0.5, 0.6) is 11.5 Å². The first kappa shape index (κ1) is 15.3. The minimum absolute atomic E-state index is 0.0508. The molecule has 112 valence electrons. The van der Waals surface area contributed by atoms with Crippen LogP contribution in [0.25, 0.3) is 0 Å². The van der Waals surface area contributed by atoms with Gasteiger partial charge in [-0.1, -0.05) is 11.6 Å². The fraction of sp³-hybridized carbons (Fsp3) is 0.143. The summed E-state index contributed by atoms with van der Waals surface area (Å²) in [6, 6.07) is 4.00. The second kappa shape index (κ2) is 6.13. The summed E-state index contributed by atoms with van der Waals surface area (Å²) < 4.78 is 44.3. The van der Waals surface area contributed by atoms with Crippen molar-refractivity contribution < 1.29 is 23.0 Å². The molecule has 21 heavy (non-hydrogen) atoms. The number of anilines is 1. The lowest BCUT2D eigenvalue weighted by Crippen LogP contribution is -2.04. The van der Waals surface area contributed by atoms with Gasteiger partial charge in [0.05, 0.1) is 12.8 Å². The minimum atomic E-state index is -1.27. The quantitative estimate of drug-likeness (QED) is 0.835. The minimum Gasteiger partial charge on any atom is -0.504 e. The zero-order valence-corrected chi connectivity index (χ0v) is 11.6. The lowest BCUT2D eigenvalue weighted by atomic mass is 10.1. The van der Waals surface area contributed by atoms with E-state index < -0.39 is 17.5 Å². The van der Waals surface area contributed by atoms with Crippen molar-refractivity contribution in [2.45, 2.75) is 6.54 Å². The number of aromatic hydroxyl groups is 1. The smallest absolute Gasteiger partial charge is 0.162 e. The summed E-state index contributed by atoms with van der Waals surface area (Å²) in [7, 11) is 1.36. The van der Waals surface area contributed by atoms with Crippen LogP contribution in [0, 0.1) is 17.5 Å². The summed E-state index contributed by atoms with van der Waals surface area (Å²) in [5, 5.41) is 12.8. The summed E-state index contributed by atoms with van der Waals surface area (Å²) in [4.78, 5) is 0. The Kier molecular flexibility index (Phi) is 4.47. The SMILES string of the molecule is COc1cc(Cl)cc(CNc2cc(F)c(F)cc2F)c1O. The molecule has 0 radical (unpaired) electrons. The molecule has 0 aromatic heterocycles. The zero-order chi connectivity index (χ0) is 15.6. The molecule has 0 amide bonds. The van der Waals surface area contributed by atoms with E-state index in [0.717, 1.165) is 0 Å². The van der Waals surface area contributed by atoms with E-state index in [1.54, 1.807) is 0 Å². The molecule has 0 saturated heterocycles. The highest BCUT2D eigenvalue weighted by atomic mass is 35.5. The molecule has 0 aliphatic rings. The average Bonchev–Trinajstić information content (AvgIpc) is 2.44. The van der Waals surface area contributed by atoms with Crippen LogP contribution in [0.3, 0.4) is 0 Å². The van der Waals surface area contributed by atoms with Gasteiger partial charge in [0, 0.05) is 35.3 Å². The molecule has 0 atom stereocenters. The highest BCUT2D eigenvalue weighted by Gasteiger charge is 2.13. The van der Waals surface area contributed by atoms with Crippen LogP contribution in [0.1, 0.15) is 5.56 Å². The number of benzene rings is 2. The lowest BCUT2D eigenvalue weighted by Gasteiger charge is -2.12. The zero-order valence-electron chi connectivity index (χ0n) is 10.9. The number of phenolic OH excluding ortho intramolecular Hbond substituents is 1. The second-order valence-electron chi connectivity index (χ2n) is 4.22. The Morgan fingerprint density at radius 3 is 2.43 bits per heavy atom. The molecular weight excluding hydrogens is 307 g/mol. The molecule has 2 rings (SSSR count). The molecule has 2 N–H and O–H groups in total. The summed E-state index contributed by atoms with van der Waals surface area (Å²) in [5.74, 6) is -3.40. The van der Waals surface area contributed by atoms with Crippen molar-refractivity contribution in [2.75, 3.05) is 12.4 Å². The van der Waals surface area contributed by atoms with E-state index in [0.29, 0.717) is 22.7 Å². The maximum Gasteiger partial charge on any atom is 0.162 e. The lowest BCUT2D eigenvalue weighted by molar-refractivity contribution is 0.371. The largest absolute Gasteiger partial charge is 0.504 e. The van der Waals surface area contributed by atoms with Gasteiger partial charge in [-0.25, -0.2) is 13.2 Å². The molecule has 0 unspecified atom stereocenters. The van der Waals surface area contributed by atoms with Crippen molar-refractivity contribution in [1.82, 2.24) is 0 Å². The standard InChI is InChI=1S/C14H11ClF3NO2/c1-21-13-3-8(15)2-7(14(13)20)6-19-12-5-10(17)9(16)4-11(12)18/h2-5,19-20H,6H2,1H3. The molecule has 0 bridgehead atoms. The van der Waals surface area contributed by atoms with Crippen LogP contribution >= 0.6 is 11.6 Å². The third-order valence-corrected chi connectivity index (χ3v) is 3.04. The predicted octanol–water partition coefficient (Wildman–Crippen LogP) is 4.08. The summed E-state index contributed by atoms with van der Waals surface area (Å²) >= 11 is 5.86. The van der Waals surface area contributed by atoms with Crippen LogP contribution in [0.15, 0.2) is 24.3 Å². The van der Waals surface area contributed by atoms with Crippen molar-refractivity contribution in [3.63, 3.8) is 0 Å². The maximum atomic E-state index is 13.5. The van der Waals surface area contributed by atoms with E-state index in [1.807, 2.05) is 0 Å². The highest BCUT2D eigenvalue weighted by molar-refractivity contribution is 6.30. The van der Waals surface area contributed by atoms with E-state index in [-0.39, 0.29) is 23.7 Å². The van der Waals surface area contributed by atoms with Gasteiger partial charge in [-0.3, -0.25) is 0 Å². The molecule has 2 aromatic carbocycles. The van der Waals surface area contributed by atoms with Crippen LogP contribution in [-0.4, -0.2) is 12.2 Å². The monoisotopic (exact) mass is 317 g/mol. The van der Waals surface area contributed by atoms with Crippen molar-refractivity contribution in [3.05, 3.63) is 52.3 Å². The Labute approximate surface area is 123 Å². The summed E-state index contributed by atoms with van der Waals surface area (Å²) in [6.07, 6.45) is 0. The molecule has 0 spiro atoms.